The lowest BCUT2D eigenvalue weighted by molar-refractivity contribution is 0.183. The average Bonchev–Trinajstić information content (AvgIpc) is 2.97. The molecule has 0 saturated heterocycles. The molecule has 1 aromatic carbocycles. The molecule has 5 heteroatoms. The number of rotatable bonds is 3. The van der Waals surface area contributed by atoms with Crippen molar-refractivity contribution in [3.63, 3.8) is 0 Å². The molecule has 0 bridgehead atoms. The SMILES string of the molecule is COn1c(-c2ccncc2)c(-c2ccc(F)cc2)c2nc(C)c(C)cc21. The number of hydrogen-bond acceptors (Lipinski definition) is 3. The Hall–Kier alpha value is -3.21. The van der Waals surface area contributed by atoms with Gasteiger partial charge in [0.05, 0.1) is 5.69 Å². The van der Waals surface area contributed by atoms with Gasteiger partial charge in [-0.2, -0.15) is 4.73 Å². The van der Waals surface area contributed by atoms with E-state index in [0.717, 1.165) is 44.7 Å². The molecule has 0 aliphatic heterocycles. The third-order valence-electron chi connectivity index (χ3n) is 4.61. The lowest BCUT2D eigenvalue weighted by Crippen LogP contribution is -2.07. The molecule has 4 nitrogen and oxygen atoms in total. The van der Waals surface area contributed by atoms with Crippen LogP contribution < -0.4 is 4.84 Å². The van der Waals surface area contributed by atoms with Crippen LogP contribution in [-0.4, -0.2) is 21.8 Å². The Labute approximate surface area is 150 Å². The standard InChI is InChI=1S/C21H18FN3O/c1-13-12-18-20(24-14(13)2)19(15-4-6-17(22)7-5-15)21(25(18)26-3)16-8-10-23-11-9-16/h4-12H,1-3H3. The number of halogens is 1. The summed E-state index contributed by atoms with van der Waals surface area (Å²) in [6.45, 7) is 4.01. The number of nitrogens with zero attached hydrogens (tertiary/aromatic N) is 3. The molecular weight excluding hydrogens is 329 g/mol. The van der Waals surface area contributed by atoms with Gasteiger partial charge in [0.2, 0.25) is 0 Å². The van der Waals surface area contributed by atoms with Crippen molar-refractivity contribution in [1.82, 2.24) is 14.7 Å². The molecule has 0 unspecified atom stereocenters. The van der Waals surface area contributed by atoms with Crippen molar-refractivity contribution in [2.45, 2.75) is 13.8 Å². The first kappa shape index (κ1) is 16.3. The molecule has 4 aromatic rings. The normalized spacial score (nSPS) is 11.1. The first-order valence-electron chi connectivity index (χ1n) is 8.33. The molecule has 0 N–H and O–H groups in total. The Kier molecular flexibility index (Phi) is 3.92. The van der Waals surface area contributed by atoms with Crippen molar-refractivity contribution >= 4 is 11.0 Å². The fourth-order valence-corrected chi connectivity index (χ4v) is 3.21. The van der Waals surface area contributed by atoms with Crippen LogP contribution in [0.3, 0.4) is 0 Å². The summed E-state index contributed by atoms with van der Waals surface area (Å²) in [6.07, 6.45) is 3.48. The minimum Gasteiger partial charge on any atom is -0.416 e. The monoisotopic (exact) mass is 347 g/mol. The van der Waals surface area contributed by atoms with Crippen molar-refractivity contribution in [1.29, 1.82) is 0 Å². The maximum atomic E-state index is 13.5. The molecule has 0 atom stereocenters. The van der Waals surface area contributed by atoms with Crippen LogP contribution in [0.5, 0.6) is 0 Å². The minimum absolute atomic E-state index is 0.269. The molecule has 3 aromatic heterocycles. The highest BCUT2D eigenvalue weighted by Gasteiger charge is 2.22. The zero-order chi connectivity index (χ0) is 18.3. The summed E-state index contributed by atoms with van der Waals surface area (Å²) >= 11 is 0. The van der Waals surface area contributed by atoms with Crippen LogP contribution in [0.25, 0.3) is 33.4 Å². The number of pyridine rings is 2. The van der Waals surface area contributed by atoms with Crippen LogP contribution in [0.4, 0.5) is 4.39 Å². The molecule has 26 heavy (non-hydrogen) atoms. The van der Waals surface area contributed by atoms with Gasteiger partial charge in [0.1, 0.15) is 24.0 Å². The van der Waals surface area contributed by atoms with Gasteiger partial charge in [-0.3, -0.25) is 9.97 Å². The van der Waals surface area contributed by atoms with Crippen LogP contribution in [0.15, 0.2) is 54.9 Å². The van der Waals surface area contributed by atoms with E-state index in [0.29, 0.717) is 0 Å². The lowest BCUT2D eigenvalue weighted by atomic mass is 10.0. The molecule has 4 rings (SSSR count). The molecule has 0 aliphatic carbocycles. The van der Waals surface area contributed by atoms with Crippen LogP contribution in [0.2, 0.25) is 0 Å². The Morgan fingerprint density at radius 1 is 0.962 bits per heavy atom. The second-order valence-electron chi connectivity index (χ2n) is 6.20. The van der Waals surface area contributed by atoms with Crippen molar-refractivity contribution in [3.05, 3.63) is 71.9 Å². The molecule has 130 valence electrons. The summed E-state index contributed by atoms with van der Waals surface area (Å²) < 4.78 is 15.3. The summed E-state index contributed by atoms with van der Waals surface area (Å²) in [5, 5.41) is 0. The summed E-state index contributed by atoms with van der Waals surface area (Å²) in [4.78, 5) is 14.6. The van der Waals surface area contributed by atoms with Crippen molar-refractivity contribution in [2.75, 3.05) is 7.11 Å². The van der Waals surface area contributed by atoms with Gasteiger partial charge >= 0.3 is 0 Å². The van der Waals surface area contributed by atoms with Crippen molar-refractivity contribution < 1.29 is 9.23 Å². The van der Waals surface area contributed by atoms with Gasteiger partial charge in [-0.1, -0.05) is 12.1 Å². The van der Waals surface area contributed by atoms with Crippen LogP contribution >= 0.6 is 0 Å². The summed E-state index contributed by atoms with van der Waals surface area (Å²) in [7, 11) is 1.63. The number of aromatic nitrogens is 3. The van der Waals surface area contributed by atoms with Gasteiger partial charge in [-0.25, -0.2) is 4.39 Å². The first-order chi connectivity index (χ1) is 12.6. The minimum atomic E-state index is -0.269. The summed E-state index contributed by atoms with van der Waals surface area (Å²) in [5.74, 6) is -0.269. The number of fused-ring (bicyclic) bond motifs is 1. The maximum Gasteiger partial charge on any atom is 0.123 e. The number of hydrogen-bond donors (Lipinski definition) is 0. The van der Waals surface area contributed by atoms with E-state index in [1.807, 2.05) is 26.0 Å². The van der Waals surface area contributed by atoms with Gasteiger partial charge in [-0.15, -0.1) is 0 Å². The zero-order valence-corrected chi connectivity index (χ0v) is 14.8. The molecule has 0 saturated carbocycles. The van der Waals surface area contributed by atoms with Gasteiger partial charge in [0, 0.05) is 29.2 Å². The van der Waals surface area contributed by atoms with Gasteiger partial charge in [-0.05, 0) is 55.3 Å². The van der Waals surface area contributed by atoms with E-state index in [-0.39, 0.29) is 5.82 Å². The Bertz CT molecular complexity index is 1090. The van der Waals surface area contributed by atoms with Crippen LogP contribution in [0.1, 0.15) is 11.3 Å². The van der Waals surface area contributed by atoms with Gasteiger partial charge < -0.3 is 4.84 Å². The lowest BCUT2D eigenvalue weighted by Gasteiger charge is -2.10. The third kappa shape index (κ3) is 2.52. The second kappa shape index (κ2) is 6.26. The highest BCUT2D eigenvalue weighted by Crippen LogP contribution is 2.40. The average molecular weight is 347 g/mol. The van der Waals surface area contributed by atoms with E-state index in [1.54, 1.807) is 36.4 Å². The molecule has 0 aliphatic rings. The van der Waals surface area contributed by atoms with Gasteiger partial charge in [0.15, 0.2) is 0 Å². The predicted molar refractivity (Wildman–Crippen MR) is 100 cm³/mol. The largest absolute Gasteiger partial charge is 0.416 e. The second-order valence-corrected chi connectivity index (χ2v) is 6.20. The van der Waals surface area contributed by atoms with Crippen LogP contribution in [-0.2, 0) is 0 Å². The highest BCUT2D eigenvalue weighted by atomic mass is 19.1. The predicted octanol–water partition coefficient (Wildman–Crippen LogP) is 4.58. The maximum absolute atomic E-state index is 13.5. The van der Waals surface area contributed by atoms with E-state index in [4.69, 9.17) is 9.82 Å². The quantitative estimate of drug-likeness (QED) is 0.545. The van der Waals surface area contributed by atoms with E-state index in [9.17, 15) is 4.39 Å². The van der Waals surface area contributed by atoms with E-state index < -0.39 is 0 Å². The molecule has 0 radical (unpaired) electrons. The smallest absolute Gasteiger partial charge is 0.123 e. The molecule has 3 heterocycles. The summed E-state index contributed by atoms with van der Waals surface area (Å²) in [5.41, 5.74) is 7.36. The van der Waals surface area contributed by atoms with Crippen molar-refractivity contribution in [3.8, 4) is 22.4 Å². The number of aryl methyl sites for hydroxylation is 2. The fraction of sp³-hybridized carbons (Fsp3) is 0.143. The fourth-order valence-electron chi connectivity index (χ4n) is 3.21. The van der Waals surface area contributed by atoms with Crippen molar-refractivity contribution in [2.24, 2.45) is 0 Å². The van der Waals surface area contributed by atoms with Gasteiger partial charge in [0.25, 0.3) is 0 Å². The molecule has 0 fully saturated rings. The molecule has 0 amide bonds. The molecule has 0 spiro atoms. The Morgan fingerprint density at radius 3 is 2.31 bits per heavy atom. The first-order valence-corrected chi connectivity index (χ1v) is 8.33. The van der Waals surface area contributed by atoms with E-state index in [1.165, 1.54) is 12.1 Å². The topological polar surface area (TPSA) is 39.9 Å². The zero-order valence-electron chi connectivity index (χ0n) is 14.8. The third-order valence-corrected chi connectivity index (χ3v) is 4.61. The summed E-state index contributed by atoms with van der Waals surface area (Å²) in [6, 6.07) is 12.4. The van der Waals surface area contributed by atoms with Crippen LogP contribution in [0, 0.1) is 19.7 Å². The van der Waals surface area contributed by atoms with E-state index >= 15 is 0 Å². The Balaban J connectivity index is 2.16. The Morgan fingerprint density at radius 2 is 1.65 bits per heavy atom. The van der Waals surface area contributed by atoms with E-state index in [2.05, 4.69) is 11.1 Å². The highest BCUT2D eigenvalue weighted by molar-refractivity contribution is 6.02. The number of benzene rings is 1. The molecular formula is C21H18FN3O.